The third-order valence-corrected chi connectivity index (χ3v) is 6.77. The van der Waals surface area contributed by atoms with Crippen LogP contribution in [0.3, 0.4) is 0 Å². The number of carbonyl (C=O) groups excluding carboxylic acids is 1. The first-order valence-electron chi connectivity index (χ1n) is 9.72. The van der Waals surface area contributed by atoms with Crippen molar-refractivity contribution in [3.63, 3.8) is 0 Å². The van der Waals surface area contributed by atoms with Gasteiger partial charge in [0.1, 0.15) is 0 Å². The molecule has 6 rings (SSSR count). The summed E-state index contributed by atoms with van der Waals surface area (Å²) in [4.78, 5) is 32.7. The van der Waals surface area contributed by atoms with Crippen LogP contribution in [0.2, 0.25) is 0 Å². The van der Waals surface area contributed by atoms with Gasteiger partial charge in [-0.2, -0.15) is 0 Å². The van der Waals surface area contributed by atoms with Gasteiger partial charge in [0.2, 0.25) is 0 Å². The van der Waals surface area contributed by atoms with Gasteiger partial charge in [0.05, 0.1) is 16.3 Å². The maximum Gasteiger partial charge on any atom is 0.312 e. The van der Waals surface area contributed by atoms with Crippen LogP contribution < -0.4 is 5.56 Å². The number of H-pyrrole nitrogens is 1. The highest BCUT2D eigenvalue weighted by atomic mass is 16.5. The molecule has 0 spiro atoms. The highest BCUT2D eigenvalue weighted by Gasteiger charge is 2.55. The number of hydrogen-bond acceptors (Lipinski definition) is 4. The Hall–Kier alpha value is -2.17. The quantitative estimate of drug-likeness (QED) is 0.854. The molecule has 0 saturated heterocycles. The molecule has 4 fully saturated rings. The van der Waals surface area contributed by atoms with Gasteiger partial charge in [0.15, 0.2) is 11.9 Å². The van der Waals surface area contributed by atoms with Crippen LogP contribution in [0.25, 0.3) is 10.9 Å². The molecule has 5 nitrogen and oxygen atoms in total. The number of nitrogens with one attached hydrogen (secondary N) is 1. The molecule has 4 saturated carbocycles. The summed E-state index contributed by atoms with van der Waals surface area (Å²) in [5, 5.41) is 0.552. The van der Waals surface area contributed by atoms with Crippen LogP contribution >= 0.6 is 0 Å². The van der Waals surface area contributed by atoms with Crippen molar-refractivity contribution in [1.29, 1.82) is 0 Å². The Kier molecular flexibility index (Phi) is 3.49. The van der Waals surface area contributed by atoms with E-state index in [2.05, 4.69) is 9.97 Å². The predicted molar refractivity (Wildman–Crippen MR) is 97.5 cm³/mol. The molecule has 4 bridgehead atoms. The fourth-order valence-corrected chi connectivity index (χ4v) is 6.00. The minimum absolute atomic E-state index is 0.0834. The Bertz CT molecular complexity index is 897. The van der Waals surface area contributed by atoms with Crippen molar-refractivity contribution in [1.82, 2.24) is 9.97 Å². The average Bonchev–Trinajstić information content (AvgIpc) is 2.60. The van der Waals surface area contributed by atoms with E-state index in [1.807, 2.05) is 18.2 Å². The standard InChI is InChI=1S/C21H24N2O3/c1-12(18-22-17-5-3-2-4-16(17)19(24)23-18)26-20(25)21-9-13-6-14(10-21)8-15(7-13)11-21/h2-5,12-15H,6-11H2,1H3,(H,22,23,24)/t12-,13?,14?,15?,21?/m1/s1. The van der Waals surface area contributed by atoms with Crippen LogP contribution in [0.5, 0.6) is 0 Å². The minimum Gasteiger partial charge on any atom is -0.454 e. The molecule has 5 heteroatoms. The molecule has 0 radical (unpaired) electrons. The molecule has 26 heavy (non-hydrogen) atoms. The van der Waals surface area contributed by atoms with Crippen LogP contribution in [-0.2, 0) is 9.53 Å². The maximum atomic E-state index is 13.1. The zero-order valence-electron chi connectivity index (χ0n) is 15.0. The summed E-state index contributed by atoms with van der Waals surface area (Å²) in [7, 11) is 0. The van der Waals surface area contributed by atoms with E-state index >= 15 is 0 Å². The number of fused-ring (bicyclic) bond motifs is 1. The number of aromatic amines is 1. The molecule has 4 aliphatic rings. The fraction of sp³-hybridized carbons (Fsp3) is 0.571. The van der Waals surface area contributed by atoms with Crippen LogP contribution in [0.4, 0.5) is 0 Å². The van der Waals surface area contributed by atoms with Gasteiger partial charge in [-0.05, 0) is 75.3 Å². The summed E-state index contributed by atoms with van der Waals surface area (Å²) in [6.07, 6.45) is 6.27. The van der Waals surface area contributed by atoms with Gasteiger partial charge in [0.25, 0.3) is 5.56 Å². The second-order valence-corrected chi connectivity index (χ2v) is 8.71. The molecule has 1 aromatic carbocycles. The highest BCUT2D eigenvalue weighted by molar-refractivity contribution is 5.78. The van der Waals surface area contributed by atoms with Crippen molar-refractivity contribution < 1.29 is 9.53 Å². The molecule has 4 aliphatic carbocycles. The summed E-state index contributed by atoms with van der Waals surface area (Å²) in [6, 6.07) is 7.22. The van der Waals surface area contributed by atoms with Crippen molar-refractivity contribution in [2.75, 3.05) is 0 Å². The van der Waals surface area contributed by atoms with E-state index in [4.69, 9.17) is 4.74 Å². The van der Waals surface area contributed by atoms with Gasteiger partial charge >= 0.3 is 5.97 Å². The predicted octanol–water partition coefficient (Wildman–Crippen LogP) is 3.74. The van der Waals surface area contributed by atoms with E-state index < -0.39 is 6.10 Å². The lowest BCUT2D eigenvalue weighted by molar-refractivity contribution is -0.177. The van der Waals surface area contributed by atoms with Crippen molar-refractivity contribution in [3.05, 3.63) is 40.4 Å². The number of hydrogen-bond donors (Lipinski definition) is 1. The number of rotatable bonds is 3. The first-order valence-corrected chi connectivity index (χ1v) is 9.72. The molecular weight excluding hydrogens is 328 g/mol. The smallest absolute Gasteiger partial charge is 0.312 e. The van der Waals surface area contributed by atoms with Gasteiger partial charge in [-0.25, -0.2) is 4.98 Å². The molecule has 1 heterocycles. The number of para-hydroxylation sites is 1. The van der Waals surface area contributed by atoms with Crippen molar-refractivity contribution >= 4 is 16.9 Å². The zero-order chi connectivity index (χ0) is 17.9. The Morgan fingerprint density at radius 2 is 1.77 bits per heavy atom. The maximum absolute atomic E-state index is 13.1. The summed E-state index contributed by atoms with van der Waals surface area (Å²) in [5.41, 5.74) is 0.146. The van der Waals surface area contributed by atoms with E-state index in [-0.39, 0.29) is 16.9 Å². The first-order chi connectivity index (χ1) is 12.5. The van der Waals surface area contributed by atoms with Crippen LogP contribution in [0.15, 0.2) is 29.1 Å². The van der Waals surface area contributed by atoms with Crippen molar-refractivity contribution in [3.8, 4) is 0 Å². The van der Waals surface area contributed by atoms with Gasteiger partial charge in [0, 0.05) is 0 Å². The van der Waals surface area contributed by atoms with Gasteiger partial charge < -0.3 is 9.72 Å². The van der Waals surface area contributed by atoms with Crippen molar-refractivity contribution in [2.45, 2.75) is 51.6 Å². The summed E-state index contributed by atoms with van der Waals surface area (Å²) < 4.78 is 5.85. The minimum atomic E-state index is -0.548. The second-order valence-electron chi connectivity index (χ2n) is 8.71. The van der Waals surface area contributed by atoms with E-state index in [0.717, 1.165) is 19.3 Å². The number of benzene rings is 1. The van der Waals surface area contributed by atoms with E-state index in [1.54, 1.807) is 13.0 Å². The van der Waals surface area contributed by atoms with E-state index in [1.165, 1.54) is 19.3 Å². The number of aromatic nitrogens is 2. The fourth-order valence-electron chi connectivity index (χ4n) is 6.00. The number of carbonyl (C=O) groups is 1. The largest absolute Gasteiger partial charge is 0.454 e. The number of ether oxygens (including phenoxy) is 1. The summed E-state index contributed by atoms with van der Waals surface area (Å²) in [5.74, 6) is 2.43. The third-order valence-electron chi connectivity index (χ3n) is 6.77. The molecule has 1 atom stereocenters. The van der Waals surface area contributed by atoms with E-state index in [9.17, 15) is 9.59 Å². The van der Waals surface area contributed by atoms with Gasteiger partial charge in [-0.3, -0.25) is 9.59 Å². The topological polar surface area (TPSA) is 72.0 Å². The Morgan fingerprint density at radius 3 is 2.42 bits per heavy atom. The lowest BCUT2D eigenvalue weighted by atomic mass is 9.49. The molecular formula is C21H24N2O3. The lowest BCUT2D eigenvalue weighted by Gasteiger charge is -2.55. The third kappa shape index (κ3) is 2.48. The number of esters is 1. The number of nitrogens with zero attached hydrogens (tertiary/aromatic N) is 1. The molecule has 0 amide bonds. The SMILES string of the molecule is C[C@@H](OC(=O)C12CC3CC(CC(C3)C1)C2)c1nc2ccccc2c(=O)[nH]1. The van der Waals surface area contributed by atoms with E-state index in [0.29, 0.717) is 34.5 Å². The highest BCUT2D eigenvalue weighted by Crippen LogP contribution is 2.60. The normalized spacial score (nSPS) is 33.3. The van der Waals surface area contributed by atoms with Gasteiger partial charge in [-0.1, -0.05) is 12.1 Å². The van der Waals surface area contributed by atoms with Crippen molar-refractivity contribution in [2.24, 2.45) is 23.2 Å². The summed E-state index contributed by atoms with van der Waals surface area (Å²) in [6.45, 7) is 1.80. The Morgan fingerprint density at radius 1 is 1.15 bits per heavy atom. The lowest BCUT2D eigenvalue weighted by Crippen LogP contribution is -2.50. The second kappa shape index (κ2) is 5.66. The first kappa shape index (κ1) is 16.0. The monoisotopic (exact) mass is 352 g/mol. The summed E-state index contributed by atoms with van der Waals surface area (Å²) >= 11 is 0. The van der Waals surface area contributed by atoms with Gasteiger partial charge in [-0.15, -0.1) is 0 Å². The van der Waals surface area contributed by atoms with Crippen LogP contribution in [-0.4, -0.2) is 15.9 Å². The zero-order valence-corrected chi connectivity index (χ0v) is 15.0. The molecule has 1 aromatic heterocycles. The van der Waals surface area contributed by atoms with Crippen LogP contribution in [0, 0.1) is 23.2 Å². The molecule has 136 valence electrons. The van der Waals surface area contributed by atoms with Crippen LogP contribution in [0.1, 0.15) is 57.4 Å². The Balaban J connectivity index is 1.39. The molecule has 1 N–H and O–H groups in total. The molecule has 0 unspecified atom stereocenters. The molecule has 2 aromatic rings. The molecule has 0 aliphatic heterocycles. The average molecular weight is 352 g/mol. The Labute approximate surface area is 152 Å².